The molecule has 0 unspecified atom stereocenters. The number of carbonyl (C=O) groups excluding carboxylic acids is 2. The standard InChI is InChI=1S/C20H22N4O2/c25-19(24-11-7-15-4-1-2-5-16(15)13-24)17-6-3-10-23(14-17)20(26)18-12-21-8-9-22-18/h1-2,4-5,8-9,12,17H,3,6-7,10-11,13-14H2/t17-/m1/s1. The van der Waals surface area contributed by atoms with Crippen molar-refractivity contribution in [3.8, 4) is 0 Å². The first kappa shape index (κ1) is 16.7. The third-order valence-corrected chi connectivity index (χ3v) is 5.28. The van der Waals surface area contributed by atoms with Crippen LogP contribution in [0.2, 0.25) is 0 Å². The molecule has 3 heterocycles. The third-order valence-electron chi connectivity index (χ3n) is 5.28. The van der Waals surface area contributed by atoms with Gasteiger partial charge in [0.2, 0.25) is 5.91 Å². The summed E-state index contributed by atoms with van der Waals surface area (Å²) in [6, 6.07) is 8.31. The predicted octanol–water partition coefficient (Wildman–Crippen LogP) is 1.91. The smallest absolute Gasteiger partial charge is 0.274 e. The van der Waals surface area contributed by atoms with Crippen LogP contribution in [0.15, 0.2) is 42.9 Å². The first-order valence-electron chi connectivity index (χ1n) is 9.13. The topological polar surface area (TPSA) is 66.4 Å². The lowest BCUT2D eigenvalue weighted by atomic mass is 9.93. The number of fused-ring (bicyclic) bond motifs is 1. The monoisotopic (exact) mass is 350 g/mol. The Labute approximate surface area is 152 Å². The number of carbonyl (C=O) groups is 2. The quantitative estimate of drug-likeness (QED) is 0.830. The molecule has 1 atom stereocenters. The van der Waals surface area contributed by atoms with Crippen molar-refractivity contribution in [2.45, 2.75) is 25.8 Å². The van der Waals surface area contributed by atoms with E-state index in [1.54, 1.807) is 11.1 Å². The molecule has 0 N–H and O–H groups in total. The summed E-state index contributed by atoms with van der Waals surface area (Å²) in [7, 11) is 0. The van der Waals surface area contributed by atoms with Gasteiger partial charge in [0.05, 0.1) is 12.1 Å². The second-order valence-corrected chi connectivity index (χ2v) is 6.96. The summed E-state index contributed by atoms with van der Waals surface area (Å²) >= 11 is 0. The van der Waals surface area contributed by atoms with Gasteiger partial charge in [-0.15, -0.1) is 0 Å². The maximum absolute atomic E-state index is 13.0. The lowest BCUT2D eigenvalue weighted by molar-refractivity contribution is -0.137. The minimum atomic E-state index is -0.139. The van der Waals surface area contributed by atoms with Crippen molar-refractivity contribution in [1.82, 2.24) is 19.8 Å². The summed E-state index contributed by atoms with van der Waals surface area (Å²) in [4.78, 5) is 37.4. The number of benzene rings is 1. The van der Waals surface area contributed by atoms with E-state index in [0.717, 1.165) is 25.8 Å². The van der Waals surface area contributed by atoms with Gasteiger partial charge in [0.1, 0.15) is 5.69 Å². The molecular weight excluding hydrogens is 328 g/mol. The van der Waals surface area contributed by atoms with Crippen LogP contribution in [-0.4, -0.2) is 51.2 Å². The molecule has 2 aromatic rings. The fourth-order valence-electron chi connectivity index (χ4n) is 3.88. The van der Waals surface area contributed by atoms with Crippen LogP contribution in [0.4, 0.5) is 0 Å². The Hall–Kier alpha value is -2.76. The molecule has 1 saturated heterocycles. The van der Waals surface area contributed by atoms with Crippen LogP contribution in [0.1, 0.15) is 34.5 Å². The van der Waals surface area contributed by atoms with E-state index in [0.29, 0.717) is 25.3 Å². The summed E-state index contributed by atoms with van der Waals surface area (Å²) in [5, 5.41) is 0. The molecule has 1 aromatic carbocycles. The highest BCUT2D eigenvalue weighted by atomic mass is 16.2. The van der Waals surface area contributed by atoms with Gasteiger partial charge in [-0.25, -0.2) is 4.98 Å². The molecule has 0 saturated carbocycles. The summed E-state index contributed by atoms with van der Waals surface area (Å²) in [5.74, 6) is -0.106. The molecular formula is C20H22N4O2. The lowest BCUT2D eigenvalue weighted by Crippen LogP contribution is -2.48. The molecule has 2 aliphatic heterocycles. The lowest BCUT2D eigenvalue weighted by Gasteiger charge is -2.36. The largest absolute Gasteiger partial charge is 0.338 e. The highest BCUT2D eigenvalue weighted by molar-refractivity contribution is 5.92. The molecule has 6 nitrogen and oxygen atoms in total. The maximum Gasteiger partial charge on any atom is 0.274 e. The highest BCUT2D eigenvalue weighted by Crippen LogP contribution is 2.24. The molecule has 26 heavy (non-hydrogen) atoms. The summed E-state index contributed by atoms with van der Waals surface area (Å²) in [6.45, 7) is 2.56. The van der Waals surface area contributed by atoms with Gasteiger partial charge in [-0.05, 0) is 30.4 Å². The number of hydrogen-bond donors (Lipinski definition) is 0. The highest BCUT2D eigenvalue weighted by Gasteiger charge is 2.33. The van der Waals surface area contributed by atoms with Gasteiger partial charge < -0.3 is 9.80 Å². The summed E-state index contributed by atoms with van der Waals surface area (Å²) < 4.78 is 0. The number of aromatic nitrogens is 2. The average Bonchev–Trinajstić information content (AvgIpc) is 2.73. The average molecular weight is 350 g/mol. The molecule has 1 aromatic heterocycles. The van der Waals surface area contributed by atoms with E-state index in [-0.39, 0.29) is 17.7 Å². The van der Waals surface area contributed by atoms with Gasteiger partial charge in [0.15, 0.2) is 0 Å². The van der Waals surface area contributed by atoms with Crippen LogP contribution in [0.25, 0.3) is 0 Å². The molecule has 0 radical (unpaired) electrons. The van der Waals surface area contributed by atoms with Crippen LogP contribution >= 0.6 is 0 Å². The van der Waals surface area contributed by atoms with Gasteiger partial charge in [-0.3, -0.25) is 14.6 Å². The number of likely N-dealkylation sites (tertiary alicyclic amines) is 1. The van der Waals surface area contributed by atoms with Crippen molar-refractivity contribution >= 4 is 11.8 Å². The van der Waals surface area contributed by atoms with Crippen molar-refractivity contribution < 1.29 is 9.59 Å². The molecule has 2 aliphatic rings. The zero-order chi connectivity index (χ0) is 17.9. The molecule has 4 rings (SSSR count). The van der Waals surface area contributed by atoms with E-state index in [9.17, 15) is 9.59 Å². The zero-order valence-corrected chi connectivity index (χ0v) is 14.7. The van der Waals surface area contributed by atoms with Crippen molar-refractivity contribution in [2.24, 2.45) is 5.92 Å². The van der Waals surface area contributed by atoms with Gasteiger partial charge in [0.25, 0.3) is 5.91 Å². The third kappa shape index (κ3) is 3.31. The van der Waals surface area contributed by atoms with Crippen molar-refractivity contribution in [2.75, 3.05) is 19.6 Å². The van der Waals surface area contributed by atoms with E-state index >= 15 is 0 Å². The van der Waals surface area contributed by atoms with Gasteiger partial charge in [-0.1, -0.05) is 24.3 Å². The number of amides is 2. The SMILES string of the molecule is O=C(c1cnccn1)N1CCC[C@@H](C(=O)N2CCc3ccccc3C2)C1. The van der Waals surface area contributed by atoms with Crippen LogP contribution in [0.5, 0.6) is 0 Å². The zero-order valence-electron chi connectivity index (χ0n) is 14.7. The number of nitrogens with zero attached hydrogens (tertiary/aromatic N) is 4. The van der Waals surface area contributed by atoms with Gasteiger partial charge in [0, 0.05) is 38.6 Å². The second kappa shape index (κ2) is 7.23. The number of piperidine rings is 1. The molecule has 1 fully saturated rings. The minimum Gasteiger partial charge on any atom is -0.338 e. The Balaban J connectivity index is 1.43. The van der Waals surface area contributed by atoms with Crippen molar-refractivity contribution in [1.29, 1.82) is 0 Å². The van der Waals surface area contributed by atoms with Crippen LogP contribution in [0.3, 0.4) is 0 Å². The van der Waals surface area contributed by atoms with Gasteiger partial charge >= 0.3 is 0 Å². The fraction of sp³-hybridized carbons (Fsp3) is 0.400. The van der Waals surface area contributed by atoms with E-state index in [1.807, 2.05) is 17.0 Å². The Bertz CT molecular complexity index is 808. The van der Waals surface area contributed by atoms with E-state index in [4.69, 9.17) is 0 Å². The van der Waals surface area contributed by atoms with Gasteiger partial charge in [-0.2, -0.15) is 0 Å². The Kier molecular flexibility index (Phi) is 4.65. The molecule has 0 spiro atoms. The number of rotatable bonds is 2. The Morgan fingerprint density at radius 2 is 1.88 bits per heavy atom. The maximum atomic E-state index is 13.0. The van der Waals surface area contributed by atoms with Crippen LogP contribution < -0.4 is 0 Å². The predicted molar refractivity (Wildman–Crippen MR) is 96.2 cm³/mol. The molecule has 134 valence electrons. The molecule has 0 bridgehead atoms. The number of hydrogen-bond acceptors (Lipinski definition) is 4. The minimum absolute atomic E-state index is 0.130. The molecule has 6 heteroatoms. The second-order valence-electron chi connectivity index (χ2n) is 6.96. The normalized spacial score (nSPS) is 19.8. The summed E-state index contributed by atoms with van der Waals surface area (Å²) in [5.41, 5.74) is 2.91. The van der Waals surface area contributed by atoms with E-state index in [1.165, 1.54) is 23.5 Å². The molecule has 0 aliphatic carbocycles. The molecule has 2 amide bonds. The van der Waals surface area contributed by atoms with Crippen molar-refractivity contribution in [3.63, 3.8) is 0 Å². The van der Waals surface area contributed by atoms with Crippen LogP contribution in [0, 0.1) is 5.92 Å². The van der Waals surface area contributed by atoms with E-state index in [2.05, 4.69) is 22.1 Å². The van der Waals surface area contributed by atoms with Crippen LogP contribution in [-0.2, 0) is 17.8 Å². The first-order chi connectivity index (χ1) is 12.7. The Morgan fingerprint density at radius 3 is 2.69 bits per heavy atom. The van der Waals surface area contributed by atoms with Crippen molar-refractivity contribution in [3.05, 3.63) is 59.7 Å². The first-order valence-corrected chi connectivity index (χ1v) is 9.13. The Morgan fingerprint density at radius 1 is 1.04 bits per heavy atom. The fourth-order valence-corrected chi connectivity index (χ4v) is 3.88. The van der Waals surface area contributed by atoms with E-state index < -0.39 is 0 Å². The summed E-state index contributed by atoms with van der Waals surface area (Å²) in [6.07, 6.45) is 7.12.